The van der Waals surface area contributed by atoms with Crippen LogP contribution in [0.4, 0.5) is 4.79 Å². The third kappa shape index (κ3) is 3.42. The quantitative estimate of drug-likeness (QED) is 0.454. The van der Waals surface area contributed by atoms with Gasteiger partial charge in [0.25, 0.3) is 0 Å². The van der Waals surface area contributed by atoms with Crippen molar-refractivity contribution in [3.05, 3.63) is 0 Å². The molecule has 4 nitrogen and oxygen atoms in total. The molecule has 0 spiro atoms. The van der Waals surface area contributed by atoms with E-state index in [9.17, 15) is 9.90 Å². The van der Waals surface area contributed by atoms with E-state index in [-0.39, 0.29) is 6.61 Å². The lowest BCUT2D eigenvalue weighted by molar-refractivity contribution is -0.251. The molecule has 0 aliphatic carbocycles. The molecule has 0 rings (SSSR count). The average molecular weight is 118 g/mol. The Balaban J connectivity index is 3.24. The molecule has 0 aromatic rings. The molecule has 8 heavy (non-hydrogen) atoms. The second-order valence-corrected chi connectivity index (χ2v) is 1.52. The summed E-state index contributed by atoms with van der Waals surface area (Å²) in [5.74, 6) is 0. The first-order valence-electron chi connectivity index (χ1n) is 2.25. The molecule has 0 radical (unpaired) electrons. The summed E-state index contributed by atoms with van der Waals surface area (Å²) < 4.78 is 0. The minimum atomic E-state index is -1.36. The van der Waals surface area contributed by atoms with Gasteiger partial charge in [-0.05, 0) is 6.92 Å². The van der Waals surface area contributed by atoms with Crippen LogP contribution in [0.25, 0.3) is 0 Å². The van der Waals surface area contributed by atoms with Gasteiger partial charge in [-0.1, -0.05) is 0 Å². The van der Waals surface area contributed by atoms with Crippen LogP contribution in [0.3, 0.4) is 0 Å². The molecular weight excluding hydrogens is 110 g/mol. The number of carbonyl (C=O) groups excluding carboxylic acids is 1. The number of aliphatic hydroxyl groups is 1. The first kappa shape index (κ1) is 7.23. The van der Waals surface area contributed by atoms with Gasteiger partial charge in [0.05, 0.1) is 6.61 Å². The van der Waals surface area contributed by atoms with Crippen LogP contribution in [0, 0.1) is 0 Å². The topological polar surface area (TPSA) is 72.4 Å². The maximum absolute atomic E-state index is 9.64. The van der Waals surface area contributed by atoms with Gasteiger partial charge in [0.2, 0.25) is 0 Å². The first-order valence-corrected chi connectivity index (χ1v) is 2.25. The van der Waals surface area contributed by atoms with Crippen molar-refractivity contribution < 1.29 is 15.0 Å². The van der Waals surface area contributed by atoms with Gasteiger partial charge in [-0.15, -0.1) is 0 Å². The molecule has 0 aromatic heterocycles. The fraction of sp³-hybridized carbons (Fsp3) is 0.750. The molecule has 0 fully saturated rings. The second kappa shape index (κ2) is 3.26. The Hall–Kier alpha value is -0.770. The lowest BCUT2D eigenvalue weighted by Crippen LogP contribution is -2.43. The first-order chi connectivity index (χ1) is 3.66. The highest BCUT2D eigenvalue weighted by molar-refractivity contribution is 5.62. The fourth-order valence-electron chi connectivity index (χ4n) is 0.247. The third-order valence-electron chi connectivity index (χ3n) is 0.638. The van der Waals surface area contributed by atoms with E-state index >= 15 is 0 Å². The minimum absolute atomic E-state index is 0.200. The van der Waals surface area contributed by atoms with Crippen LogP contribution >= 0.6 is 0 Å². The highest BCUT2D eigenvalue weighted by Gasteiger charge is 1.94. The number of carboxylic acid groups (broad SMARTS) is 1. The Labute approximate surface area is 47.1 Å². The van der Waals surface area contributed by atoms with Crippen LogP contribution < -0.4 is 10.4 Å². The van der Waals surface area contributed by atoms with Crippen molar-refractivity contribution in [1.29, 1.82) is 0 Å². The number of nitrogens with one attached hydrogen (secondary N) is 1. The molecule has 2 N–H and O–H groups in total. The summed E-state index contributed by atoms with van der Waals surface area (Å²) in [5, 5.41) is 19.8. The van der Waals surface area contributed by atoms with Gasteiger partial charge in [-0.25, -0.2) is 0 Å². The van der Waals surface area contributed by atoms with E-state index < -0.39 is 12.1 Å². The molecular formula is C4H8NO3-. The van der Waals surface area contributed by atoms with Crippen LogP contribution in [-0.4, -0.2) is 23.8 Å². The van der Waals surface area contributed by atoms with Gasteiger partial charge >= 0.3 is 0 Å². The Morgan fingerprint density at radius 2 is 2.50 bits per heavy atom. The Morgan fingerprint density at radius 1 is 2.00 bits per heavy atom. The van der Waals surface area contributed by atoms with Crippen LogP contribution in [0.5, 0.6) is 0 Å². The van der Waals surface area contributed by atoms with Gasteiger partial charge in [-0.2, -0.15) is 0 Å². The van der Waals surface area contributed by atoms with Gasteiger partial charge in [0.15, 0.2) is 0 Å². The molecule has 1 atom stereocenters. The summed E-state index contributed by atoms with van der Waals surface area (Å²) in [6.07, 6.45) is -1.36. The van der Waals surface area contributed by atoms with Crippen LogP contribution in [0.15, 0.2) is 0 Å². The molecule has 0 aliphatic heterocycles. The zero-order chi connectivity index (χ0) is 6.57. The standard InChI is InChI=1S/C4H9NO3/c1-3(2-6)5-4(7)8/h3,5-6H,2H2,1H3,(H,7,8)/p-1/t3-/m1/s1. The molecule has 48 valence electrons. The fourth-order valence-corrected chi connectivity index (χ4v) is 0.247. The van der Waals surface area contributed by atoms with Gasteiger partial charge in [0.1, 0.15) is 6.09 Å². The van der Waals surface area contributed by atoms with Crippen LogP contribution in [0.2, 0.25) is 0 Å². The Kier molecular flexibility index (Phi) is 2.95. The van der Waals surface area contributed by atoms with Crippen molar-refractivity contribution >= 4 is 6.09 Å². The second-order valence-electron chi connectivity index (χ2n) is 1.52. The maximum atomic E-state index is 9.64. The SMILES string of the molecule is C[C@H](CO)NC(=O)[O-]. The largest absolute Gasteiger partial charge is 0.530 e. The van der Waals surface area contributed by atoms with Crippen molar-refractivity contribution in [2.24, 2.45) is 0 Å². The molecule has 4 heteroatoms. The van der Waals surface area contributed by atoms with Crippen molar-refractivity contribution in [2.45, 2.75) is 13.0 Å². The number of carbonyl (C=O) groups is 1. The average Bonchev–Trinajstić information content (AvgIpc) is 1.65. The van der Waals surface area contributed by atoms with E-state index in [1.807, 2.05) is 5.32 Å². The normalized spacial score (nSPS) is 12.8. The van der Waals surface area contributed by atoms with Gasteiger partial charge < -0.3 is 20.3 Å². The summed E-state index contributed by atoms with van der Waals surface area (Å²) in [6.45, 7) is 1.34. The van der Waals surface area contributed by atoms with E-state index in [4.69, 9.17) is 5.11 Å². The predicted octanol–water partition coefficient (Wildman–Crippen LogP) is -1.70. The number of aliphatic hydroxyl groups excluding tert-OH is 1. The van der Waals surface area contributed by atoms with Crippen LogP contribution in [-0.2, 0) is 0 Å². The van der Waals surface area contributed by atoms with Crippen molar-refractivity contribution in [2.75, 3.05) is 6.61 Å². The van der Waals surface area contributed by atoms with Crippen LogP contribution in [0.1, 0.15) is 6.92 Å². The molecule has 1 amide bonds. The number of hydrogen-bond donors (Lipinski definition) is 2. The van der Waals surface area contributed by atoms with E-state index in [2.05, 4.69) is 0 Å². The Bertz CT molecular complexity index is 83.4. The highest BCUT2D eigenvalue weighted by atomic mass is 16.4. The van der Waals surface area contributed by atoms with E-state index in [0.717, 1.165) is 0 Å². The monoisotopic (exact) mass is 118 g/mol. The van der Waals surface area contributed by atoms with Crippen molar-refractivity contribution in [3.8, 4) is 0 Å². The molecule has 0 bridgehead atoms. The number of rotatable bonds is 2. The summed E-state index contributed by atoms with van der Waals surface area (Å²) in [6, 6.07) is -0.431. The molecule has 0 saturated heterocycles. The Morgan fingerprint density at radius 3 is 2.62 bits per heavy atom. The summed E-state index contributed by atoms with van der Waals surface area (Å²) in [7, 11) is 0. The van der Waals surface area contributed by atoms with Crippen molar-refractivity contribution in [1.82, 2.24) is 5.32 Å². The summed E-state index contributed by atoms with van der Waals surface area (Å²) >= 11 is 0. The summed E-state index contributed by atoms with van der Waals surface area (Å²) in [4.78, 5) is 9.64. The molecule has 0 heterocycles. The highest BCUT2D eigenvalue weighted by Crippen LogP contribution is 1.73. The summed E-state index contributed by atoms with van der Waals surface area (Å²) in [5.41, 5.74) is 0. The molecule has 0 aliphatic rings. The minimum Gasteiger partial charge on any atom is -0.530 e. The number of amides is 1. The van der Waals surface area contributed by atoms with Gasteiger partial charge in [-0.3, -0.25) is 0 Å². The lowest BCUT2D eigenvalue weighted by Gasteiger charge is -2.11. The lowest BCUT2D eigenvalue weighted by atomic mass is 10.4. The zero-order valence-corrected chi connectivity index (χ0v) is 4.55. The van der Waals surface area contributed by atoms with E-state index in [1.54, 1.807) is 0 Å². The van der Waals surface area contributed by atoms with Crippen molar-refractivity contribution in [3.63, 3.8) is 0 Å². The maximum Gasteiger partial charge on any atom is 0.134 e. The van der Waals surface area contributed by atoms with E-state index in [0.29, 0.717) is 0 Å². The number of hydrogen-bond acceptors (Lipinski definition) is 3. The predicted molar refractivity (Wildman–Crippen MR) is 25.1 cm³/mol. The molecule has 0 saturated carbocycles. The van der Waals surface area contributed by atoms with E-state index in [1.165, 1.54) is 6.92 Å². The zero-order valence-electron chi connectivity index (χ0n) is 4.55. The van der Waals surface area contributed by atoms with Gasteiger partial charge in [0, 0.05) is 6.04 Å². The smallest absolute Gasteiger partial charge is 0.134 e. The third-order valence-corrected chi connectivity index (χ3v) is 0.638. The molecule has 0 aromatic carbocycles. The molecule has 0 unspecified atom stereocenters.